The highest BCUT2D eigenvalue weighted by atomic mass is 32.1. The molecule has 1 aromatic heterocycles. The first-order valence-electron chi connectivity index (χ1n) is 11.0. The van der Waals surface area contributed by atoms with E-state index in [9.17, 15) is 9.90 Å². The number of likely N-dealkylation sites (tertiary alicyclic amines) is 1. The summed E-state index contributed by atoms with van der Waals surface area (Å²) >= 11 is 1.50. The zero-order chi connectivity index (χ0) is 20.4. The van der Waals surface area contributed by atoms with Crippen molar-refractivity contribution in [2.24, 2.45) is 5.92 Å². The summed E-state index contributed by atoms with van der Waals surface area (Å²) in [5.41, 5.74) is 1.72. The SMILES string of the molecule is CCN(CC)c1ccc([C@@H]2[C@@H]3CCCC[C@@]3(O)CCN2C(=O)c2cccs2)cc1. The molecule has 0 spiro atoms. The fraction of sp³-hybridized carbons (Fsp3) is 0.542. The first-order valence-corrected chi connectivity index (χ1v) is 11.9. The summed E-state index contributed by atoms with van der Waals surface area (Å²) in [7, 11) is 0. The number of carbonyl (C=O) groups is 1. The Morgan fingerprint density at radius 2 is 1.93 bits per heavy atom. The van der Waals surface area contributed by atoms with Gasteiger partial charge in [-0.3, -0.25) is 4.79 Å². The minimum atomic E-state index is -0.646. The van der Waals surface area contributed by atoms with Gasteiger partial charge in [0.25, 0.3) is 5.91 Å². The van der Waals surface area contributed by atoms with Gasteiger partial charge in [0, 0.05) is 31.2 Å². The Balaban J connectivity index is 1.70. The maximum Gasteiger partial charge on any atom is 0.264 e. The molecule has 4 nitrogen and oxygen atoms in total. The lowest BCUT2D eigenvalue weighted by Gasteiger charge is -2.52. The average Bonchev–Trinajstić information content (AvgIpc) is 3.28. The van der Waals surface area contributed by atoms with Crippen molar-refractivity contribution in [3.05, 3.63) is 52.2 Å². The molecule has 0 unspecified atom stereocenters. The van der Waals surface area contributed by atoms with Crippen LogP contribution in [-0.4, -0.2) is 41.1 Å². The number of piperidine rings is 1. The number of thiophene rings is 1. The summed E-state index contributed by atoms with van der Waals surface area (Å²) in [5.74, 6) is 0.207. The summed E-state index contributed by atoms with van der Waals surface area (Å²) in [4.78, 5) is 18.5. The number of fused-ring (bicyclic) bond motifs is 1. The number of amides is 1. The molecule has 0 radical (unpaired) electrons. The summed E-state index contributed by atoms with van der Waals surface area (Å²) < 4.78 is 0. The van der Waals surface area contributed by atoms with E-state index in [1.54, 1.807) is 0 Å². The number of carbonyl (C=O) groups excluding carboxylic acids is 1. The summed E-state index contributed by atoms with van der Waals surface area (Å²) in [5, 5.41) is 13.4. The zero-order valence-corrected chi connectivity index (χ0v) is 18.3. The number of anilines is 1. The summed E-state index contributed by atoms with van der Waals surface area (Å²) in [6.45, 7) is 6.91. The second-order valence-electron chi connectivity index (χ2n) is 8.39. The lowest BCUT2D eigenvalue weighted by atomic mass is 9.66. The van der Waals surface area contributed by atoms with Crippen molar-refractivity contribution in [1.82, 2.24) is 4.90 Å². The number of rotatable bonds is 5. The van der Waals surface area contributed by atoms with Crippen LogP contribution in [0.25, 0.3) is 0 Å². The van der Waals surface area contributed by atoms with E-state index in [0.717, 1.165) is 49.2 Å². The van der Waals surface area contributed by atoms with E-state index < -0.39 is 5.60 Å². The van der Waals surface area contributed by atoms with Crippen molar-refractivity contribution >= 4 is 22.9 Å². The van der Waals surface area contributed by atoms with Gasteiger partial charge in [0.05, 0.1) is 16.5 Å². The molecule has 2 aromatic rings. The second-order valence-corrected chi connectivity index (χ2v) is 9.34. The smallest absolute Gasteiger partial charge is 0.264 e. The van der Waals surface area contributed by atoms with Gasteiger partial charge in [0.1, 0.15) is 0 Å². The van der Waals surface area contributed by atoms with Crippen molar-refractivity contribution in [1.29, 1.82) is 0 Å². The molecule has 2 aliphatic rings. The number of hydrogen-bond donors (Lipinski definition) is 1. The first kappa shape index (κ1) is 20.4. The molecule has 3 atom stereocenters. The molecule has 1 saturated carbocycles. The average molecular weight is 413 g/mol. The maximum absolute atomic E-state index is 13.3. The molecule has 1 amide bonds. The van der Waals surface area contributed by atoms with Gasteiger partial charge in [-0.1, -0.05) is 31.0 Å². The van der Waals surface area contributed by atoms with Crippen LogP contribution in [0, 0.1) is 5.92 Å². The van der Waals surface area contributed by atoms with Crippen LogP contribution in [-0.2, 0) is 0 Å². The van der Waals surface area contributed by atoms with E-state index in [2.05, 4.69) is 43.0 Å². The van der Waals surface area contributed by atoms with Crippen LogP contribution in [0.2, 0.25) is 0 Å². The Hall–Kier alpha value is -1.85. The fourth-order valence-electron chi connectivity index (χ4n) is 5.33. The van der Waals surface area contributed by atoms with Gasteiger partial charge in [-0.25, -0.2) is 0 Å². The maximum atomic E-state index is 13.3. The van der Waals surface area contributed by atoms with Gasteiger partial charge in [0.15, 0.2) is 0 Å². The molecule has 1 N–H and O–H groups in total. The predicted molar refractivity (Wildman–Crippen MR) is 120 cm³/mol. The van der Waals surface area contributed by atoms with E-state index >= 15 is 0 Å². The van der Waals surface area contributed by atoms with Crippen LogP contribution in [0.4, 0.5) is 5.69 Å². The zero-order valence-electron chi connectivity index (χ0n) is 17.5. The van der Waals surface area contributed by atoms with Gasteiger partial charge < -0.3 is 14.9 Å². The van der Waals surface area contributed by atoms with Crippen LogP contribution >= 0.6 is 11.3 Å². The summed E-state index contributed by atoms with van der Waals surface area (Å²) in [6, 6.07) is 12.5. The van der Waals surface area contributed by atoms with Crippen molar-refractivity contribution in [2.75, 3.05) is 24.5 Å². The molecule has 156 valence electrons. The quantitative estimate of drug-likeness (QED) is 0.743. The monoisotopic (exact) mass is 412 g/mol. The molecular formula is C24H32N2O2S. The molecule has 0 bridgehead atoms. The van der Waals surface area contributed by atoms with Crippen LogP contribution in [0.5, 0.6) is 0 Å². The largest absolute Gasteiger partial charge is 0.389 e. The molecule has 1 aliphatic carbocycles. The van der Waals surface area contributed by atoms with Crippen LogP contribution in [0.15, 0.2) is 41.8 Å². The van der Waals surface area contributed by atoms with Gasteiger partial charge in [-0.15, -0.1) is 11.3 Å². The second kappa shape index (κ2) is 8.49. The lowest BCUT2D eigenvalue weighted by Crippen LogP contribution is -2.56. The number of benzene rings is 1. The van der Waals surface area contributed by atoms with E-state index in [-0.39, 0.29) is 17.9 Å². The minimum absolute atomic E-state index is 0.0607. The highest BCUT2D eigenvalue weighted by Gasteiger charge is 2.50. The third-order valence-electron chi connectivity index (χ3n) is 6.92. The number of aliphatic hydroxyl groups is 1. The molecule has 2 heterocycles. The minimum Gasteiger partial charge on any atom is -0.389 e. The lowest BCUT2D eigenvalue weighted by molar-refractivity contribution is -0.114. The highest BCUT2D eigenvalue weighted by molar-refractivity contribution is 7.12. The van der Waals surface area contributed by atoms with Crippen LogP contribution < -0.4 is 4.90 Å². The molecule has 1 aromatic carbocycles. The van der Waals surface area contributed by atoms with Crippen molar-refractivity contribution in [2.45, 2.75) is 57.6 Å². The molecular weight excluding hydrogens is 380 g/mol. The molecule has 1 saturated heterocycles. The van der Waals surface area contributed by atoms with Crippen LogP contribution in [0.3, 0.4) is 0 Å². The van der Waals surface area contributed by atoms with Gasteiger partial charge in [-0.2, -0.15) is 0 Å². The Kier molecular flexibility index (Phi) is 5.98. The molecule has 5 heteroatoms. The van der Waals surface area contributed by atoms with E-state index in [1.165, 1.54) is 17.0 Å². The van der Waals surface area contributed by atoms with E-state index in [0.29, 0.717) is 13.0 Å². The van der Waals surface area contributed by atoms with Crippen LogP contribution in [0.1, 0.15) is 67.2 Å². The van der Waals surface area contributed by atoms with Crippen molar-refractivity contribution in [3.63, 3.8) is 0 Å². The Labute approximate surface area is 178 Å². The number of hydrogen-bond acceptors (Lipinski definition) is 4. The Bertz CT molecular complexity index is 816. The first-order chi connectivity index (χ1) is 14.1. The fourth-order valence-corrected chi connectivity index (χ4v) is 6.01. The van der Waals surface area contributed by atoms with E-state index in [4.69, 9.17) is 0 Å². The molecule has 4 rings (SSSR count). The molecule has 2 fully saturated rings. The van der Waals surface area contributed by atoms with E-state index in [1.807, 2.05) is 22.4 Å². The topological polar surface area (TPSA) is 43.8 Å². The summed E-state index contributed by atoms with van der Waals surface area (Å²) in [6.07, 6.45) is 4.73. The van der Waals surface area contributed by atoms with Crippen molar-refractivity contribution < 1.29 is 9.90 Å². The third-order valence-corrected chi connectivity index (χ3v) is 7.78. The Morgan fingerprint density at radius 3 is 2.59 bits per heavy atom. The van der Waals surface area contributed by atoms with Gasteiger partial charge in [0.2, 0.25) is 0 Å². The van der Waals surface area contributed by atoms with Gasteiger partial charge in [-0.05, 0) is 62.3 Å². The predicted octanol–water partition coefficient (Wildman–Crippen LogP) is 5.10. The standard InChI is InChI=1S/C24H32N2O2S/c1-3-25(4-2)19-12-10-18(11-13-19)22-20-8-5-6-14-24(20,28)15-16-26(22)23(27)21-9-7-17-29-21/h7,9-13,17,20,22,28H,3-6,8,14-16H2,1-2H3/t20-,22+,24+/m0/s1. The molecule has 1 aliphatic heterocycles. The number of nitrogens with zero attached hydrogens (tertiary/aromatic N) is 2. The van der Waals surface area contributed by atoms with Gasteiger partial charge >= 0.3 is 0 Å². The molecule has 29 heavy (non-hydrogen) atoms. The normalized spacial score (nSPS) is 26.8. The third kappa shape index (κ3) is 3.82. The Morgan fingerprint density at radius 1 is 1.17 bits per heavy atom. The highest BCUT2D eigenvalue weighted by Crippen LogP contribution is 2.49. The van der Waals surface area contributed by atoms with Crippen molar-refractivity contribution in [3.8, 4) is 0 Å².